The van der Waals surface area contributed by atoms with Gasteiger partial charge in [0.25, 0.3) is 0 Å². The van der Waals surface area contributed by atoms with E-state index in [9.17, 15) is 5.26 Å². The maximum Gasteiger partial charge on any atom is 0.168 e. The van der Waals surface area contributed by atoms with Crippen molar-refractivity contribution in [2.75, 3.05) is 0 Å². The van der Waals surface area contributed by atoms with Crippen molar-refractivity contribution in [2.45, 2.75) is 6.42 Å². The molecule has 0 aromatic heterocycles. The van der Waals surface area contributed by atoms with Crippen molar-refractivity contribution in [3.05, 3.63) is 42.1 Å². The number of rotatable bonds is 4. The van der Waals surface area contributed by atoms with E-state index in [1.165, 1.54) is 0 Å². The summed E-state index contributed by atoms with van der Waals surface area (Å²) in [5.74, 6) is 0.390. The van der Waals surface area contributed by atoms with E-state index in [0.717, 1.165) is 17.7 Å². The summed E-state index contributed by atoms with van der Waals surface area (Å²) in [7, 11) is 0. The largest absolute Gasteiger partial charge is 0.689 e. The molecule has 0 radical (unpaired) electrons. The Labute approximate surface area is 86.0 Å². The fourth-order valence-electron chi connectivity index (χ4n) is 1.31. The van der Waals surface area contributed by atoms with Crippen LogP contribution in [0.15, 0.2) is 41.5 Å². The van der Waals surface area contributed by atoms with E-state index in [0.29, 0.717) is 5.75 Å². The average molecular weight is 206 g/mol. The number of hydrogen-bond donors (Lipinski definition) is 0. The molecule has 0 saturated heterocycles. The van der Waals surface area contributed by atoms with Gasteiger partial charge >= 0.3 is 0 Å². The normalized spacial score (nSPS) is 14.1. The molecule has 0 saturated carbocycles. The van der Waals surface area contributed by atoms with E-state index < -0.39 is 0 Å². The molecule has 5 heteroatoms. The van der Waals surface area contributed by atoms with E-state index in [4.69, 9.17) is 0 Å². The topological polar surface area (TPSA) is 63.1 Å². The zero-order valence-electron chi connectivity index (χ0n) is 7.75. The summed E-state index contributed by atoms with van der Waals surface area (Å²) in [6.45, 7) is 0. The van der Waals surface area contributed by atoms with Crippen molar-refractivity contribution in [1.82, 2.24) is 0 Å². The van der Waals surface area contributed by atoms with Crippen molar-refractivity contribution in [1.29, 1.82) is 0 Å². The predicted molar refractivity (Wildman–Crippen MR) is 49.5 cm³/mol. The number of aliphatic imine (C=N–C) groups is 1. The second-order valence-electron chi connectivity index (χ2n) is 2.91. The molecule has 1 aromatic rings. The molecule has 0 N–H and O–H groups in total. The van der Waals surface area contributed by atoms with Gasteiger partial charge in [-0.05, 0) is 34.9 Å². The Balaban J connectivity index is 2.04. The first-order valence-corrected chi connectivity index (χ1v) is 4.35. The molecule has 1 aromatic carbocycles. The molecule has 1 aliphatic rings. The van der Waals surface area contributed by atoms with Crippen LogP contribution in [0.5, 0.6) is 5.75 Å². The highest BCUT2D eigenvalue weighted by atomic mass is 17.6. The van der Waals surface area contributed by atoms with Crippen molar-refractivity contribution in [3.8, 4) is 5.75 Å². The summed E-state index contributed by atoms with van der Waals surface area (Å²) in [6.07, 6.45) is 4.59. The van der Waals surface area contributed by atoms with Crippen LogP contribution in [0.3, 0.4) is 0 Å². The number of allylic oxidation sites excluding steroid dienone is 1. The van der Waals surface area contributed by atoms with Crippen LogP contribution in [0.25, 0.3) is 0 Å². The van der Waals surface area contributed by atoms with Gasteiger partial charge in [0, 0.05) is 12.6 Å². The minimum absolute atomic E-state index is 0.390. The molecule has 0 amide bonds. The molecule has 2 rings (SSSR count). The first-order chi connectivity index (χ1) is 7.40. The highest BCUT2D eigenvalue weighted by molar-refractivity contribution is 6.03. The fraction of sp³-hybridized carbons (Fsp3) is 0.100. The van der Waals surface area contributed by atoms with Gasteiger partial charge in [-0.2, -0.15) is 0 Å². The quantitative estimate of drug-likeness (QED) is 0.542. The highest BCUT2D eigenvalue weighted by Gasteiger charge is 2.05. The number of hydrogen-bond acceptors (Lipinski definition) is 5. The Morgan fingerprint density at radius 2 is 2.00 bits per heavy atom. The summed E-state index contributed by atoms with van der Waals surface area (Å²) >= 11 is 0. The van der Waals surface area contributed by atoms with Gasteiger partial charge in [0.2, 0.25) is 0 Å². The lowest BCUT2D eigenvalue weighted by Gasteiger charge is -2.06. The van der Waals surface area contributed by atoms with Gasteiger partial charge < -0.3 is 10.1 Å². The van der Waals surface area contributed by atoms with Crippen molar-refractivity contribution >= 4 is 5.71 Å². The first-order valence-electron chi connectivity index (χ1n) is 4.35. The third-order valence-electron chi connectivity index (χ3n) is 1.99. The second-order valence-corrected chi connectivity index (χ2v) is 2.91. The zero-order valence-corrected chi connectivity index (χ0v) is 7.75. The Morgan fingerprint density at radius 3 is 2.60 bits per heavy atom. The van der Waals surface area contributed by atoms with Crippen LogP contribution in [-0.4, -0.2) is 5.71 Å². The standard InChI is InChI=1S/C10H9NO4/c12-14-15-13-9-5-3-8(4-6-9)10-2-1-7-11-10/h1,3-7,12H,2H2/p-1. The molecule has 5 nitrogen and oxygen atoms in total. The van der Waals surface area contributed by atoms with Gasteiger partial charge in [0.05, 0.1) is 5.71 Å². The SMILES string of the molecule is [O-]OOOc1ccc(C2=NC=CC2)cc1. The number of nitrogens with zero attached hydrogens (tertiary/aromatic N) is 1. The summed E-state index contributed by atoms with van der Waals surface area (Å²) in [4.78, 5) is 8.67. The third-order valence-corrected chi connectivity index (χ3v) is 1.99. The Morgan fingerprint density at radius 1 is 1.20 bits per heavy atom. The van der Waals surface area contributed by atoms with Crippen LogP contribution in [0, 0.1) is 0 Å². The number of benzene rings is 1. The van der Waals surface area contributed by atoms with Gasteiger partial charge in [0.1, 0.15) is 0 Å². The Bertz CT molecular complexity index is 383. The van der Waals surface area contributed by atoms with Gasteiger partial charge in [-0.15, -0.1) is 0 Å². The van der Waals surface area contributed by atoms with Crippen LogP contribution in [0.2, 0.25) is 0 Å². The summed E-state index contributed by atoms with van der Waals surface area (Å²) < 4.78 is 0. The Kier molecular flexibility index (Phi) is 3.08. The monoisotopic (exact) mass is 206 g/mol. The Hall–Kier alpha value is -1.69. The van der Waals surface area contributed by atoms with E-state index >= 15 is 0 Å². The van der Waals surface area contributed by atoms with E-state index in [2.05, 4.69) is 20.0 Å². The first kappa shape index (κ1) is 9.85. The molecule has 0 unspecified atom stereocenters. The molecule has 0 aliphatic carbocycles. The van der Waals surface area contributed by atoms with Crippen molar-refractivity contribution < 1.29 is 20.2 Å². The zero-order chi connectivity index (χ0) is 10.5. The summed E-state index contributed by atoms with van der Waals surface area (Å²) in [5, 5.41) is 16.4. The third kappa shape index (κ3) is 2.41. The van der Waals surface area contributed by atoms with Crippen LogP contribution in [-0.2, 0) is 10.1 Å². The molecule has 1 aliphatic heterocycles. The lowest BCUT2D eigenvalue weighted by molar-refractivity contribution is -0.838. The van der Waals surface area contributed by atoms with Crippen LogP contribution < -0.4 is 10.1 Å². The molecule has 0 bridgehead atoms. The van der Waals surface area contributed by atoms with E-state index in [-0.39, 0.29) is 0 Å². The van der Waals surface area contributed by atoms with Crippen LogP contribution in [0.4, 0.5) is 0 Å². The molecule has 0 fully saturated rings. The molecule has 0 atom stereocenters. The van der Waals surface area contributed by atoms with Crippen molar-refractivity contribution in [3.63, 3.8) is 0 Å². The van der Waals surface area contributed by atoms with E-state index in [1.54, 1.807) is 18.3 Å². The molecule has 1 heterocycles. The lowest BCUT2D eigenvalue weighted by atomic mass is 10.1. The van der Waals surface area contributed by atoms with E-state index in [1.807, 2.05) is 18.2 Å². The summed E-state index contributed by atoms with van der Waals surface area (Å²) in [6, 6.07) is 6.98. The molecule has 15 heavy (non-hydrogen) atoms. The van der Waals surface area contributed by atoms with Crippen LogP contribution in [0.1, 0.15) is 12.0 Å². The molecular formula is C10H8NO4-. The second kappa shape index (κ2) is 4.70. The maximum absolute atomic E-state index is 9.50. The van der Waals surface area contributed by atoms with Crippen LogP contribution >= 0.6 is 0 Å². The smallest absolute Gasteiger partial charge is 0.168 e. The van der Waals surface area contributed by atoms with Gasteiger partial charge in [-0.1, -0.05) is 6.08 Å². The van der Waals surface area contributed by atoms with Gasteiger partial charge in [-0.25, -0.2) is 0 Å². The molecule has 78 valence electrons. The highest BCUT2D eigenvalue weighted by Crippen LogP contribution is 2.16. The maximum atomic E-state index is 9.50. The lowest BCUT2D eigenvalue weighted by Crippen LogP contribution is -2.08. The minimum atomic E-state index is 0.390. The fourth-order valence-corrected chi connectivity index (χ4v) is 1.31. The average Bonchev–Trinajstić information content (AvgIpc) is 2.80. The summed E-state index contributed by atoms with van der Waals surface area (Å²) in [5.41, 5.74) is 2.01. The molecule has 0 spiro atoms. The molecular weight excluding hydrogens is 198 g/mol. The predicted octanol–water partition coefficient (Wildman–Crippen LogP) is 0.910. The van der Waals surface area contributed by atoms with Gasteiger partial charge in [-0.3, -0.25) is 10.0 Å². The minimum Gasteiger partial charge on any atom is -0.689 e. The van der Waals surface area contributed by atoms with Gasteiger partial charge in [0.15, 0.2) is 5.75 Å². The van der Waals surface area contributed by atoms with Crippen molar-refractivity contribution in [2.24, 2.45) is 4.99 Å².